The third-order valence-electron chi connectivity index (χ3n) is 6.81. The van der Waals surface area contributed by atoms with E-state index in [1.165, 1.54) is 24.1 Å². The summed E-state index contributed by atoms with van der Waals surface area (Å²) < 4.78 is 5.45. The number of ether oxygens (including phenoxy) is 1. The zero-order chi connectivity index (χ0) is 21.2. The molecule has 2 fully saturated rings. The predicted octanol–water partition coefficient (Wildman–Crippen LogP) is 2.40. The molecule has 0 bridgehead atoms. The monoisotopic (exact) mass is 423 g/mol. The van der Waals surface area contributed by atoms with Crippen LogP contribution in [0.5, 0.6) is 0 Å². The number of aromatic amines is 1. The fraction of sp³-hybridized carbons (Fsp3) is 0.583. The van der Waals surface area contributed by atoms with Crippen LogP contribution in [0.2, 0.25) is 0 Å². The lowest BCUT2D eigenvalue weighted by Gasteiger charge is -2.33. The maximum Gasteiger partial charge on any atom is 0.257 e. The van der Waals surface area contributed by atoms with Crippen LogP contribution in [-0.4, -0.2) is 60.8 Å². The van der Waals surface area contributed by atoms with Gasteiger partial charge in [0.1, 0.15) is 0 Å². The molecule has 4 heterocycles. The van der Waals surface area contributed by atoms with E-state index in [9.17, 15) is 4.79 Å². The van der Waals surface area contributed by atoms with E-state index in [1.54, 1.807) is 0 Å². The van der Waals surface area contributed by atoms with Gasteiger partial charge in [-0.15, -0.1) is 0 Å². The minimum Gasteiger partial charge on any atom is -0.378 e. The van der Waals surface area contributed by atoms with E-state index < -0.39 is 0 Å². The van der Waals surface area contributed by atoms with Crippen LogP contribution >= 0.6 is 0 Å². The minimum atomic E-state index is 0.0330. The van der Waals surface area contributed by atoms with Gasteiger partial charge < -0.3 is 14.5 Å². The average Bonchev–Trinajstić information content (AvgIpc) is 2.80. The first-order chi connectivity index (χ1) is 15.2. The van der Waals surface area contributed by atoms with Crippen molar-refractivity contribution in [3.8, 4) is 0 Å². The van der Waals surface area contributed by atoms with Gasteiger partial charge in [0.05, 0.1) is 24.5 Å². The molecular formula is C24H33N5O2. The molecule has 3 aliphatic rings. The van der Waals surface area contributed by atoms with Gasteiger partial charge >= 0.3 is 0 Å². The molecular weight excluding hydrogens is 390 g/mol. The summed E-state index contributed by atoms with van der Waals surface area (Å²) in [5.74, 6) is 1.42. The van der Waals surface area contributed by atoms with Crippen LogP contribution in [0.3, 0.4) is 0 Å². The lowest BCUT2D eigenvalue weighted by atomic mass is 10.0. The van der Waals surface area contributed by atoms with Crippen molar-refractivity contribution in [1.82, 2.24) is 14.9 Å². The zero-order valence-electron chi connectivity index (χ0n) is 18.5. The number of rotatable bonds is 4. The van der Waals surface area contributed by atoms with E-state index in [0.29, 0.717) is 12.5 Å². The lowest BCUT2D eigenvalue weighted by molar-refractivity contribution is 0.122. The van der Waals surface area contributed by atoms with Crippen LogP contribution in [-0.2, 0) is 24.2 Å². The highest BCUT2D eigenvalue weighted by Gasteiger charge is 2.24. The number of nitrogens with zero attached hydrogens (tertiary/aromatic N) is 4. The van der Waals surface area contributed by atoms with Crippen molar-refractivity contribution in [2.45, 2.75) is 39.3 Å². The van der Waals surface area contributed by atoms with Gasteiger partial charge in [0.15, 0.2) is 0 Å². The summed E-state index contributed by atoms with van der Waals surface area (Å²) in [6.45, 7) is 10.2. The fourth-order valence-corrected chi connectivity index (χ4v) is 5.03. The molecule has 7 nitrogen and oxygen atoms in total. The van der Waals surface area contributed by atoms with Crippen molar-refractivity contribution >= 4 is 11.6 Å². The first-order valence-corrected chi connectivity index (χ1v) is 11.7. The van der Waals surface area contributed by atoms with Crippen LogP contribution < -0.4 is 15.4 Å². The minimum absolute atomic E-state index is 0.0330. The summed E-state index contributed by atoms with van der Waals surface area (Å²) in [5.41, 5.74) is 4.39. The Morgan fingerprint density at radius 2 is 1.90 bits per heavy atom. The molecule has 31 heavy (non-hydrogen) atoms. The van der Waals surface area contributed by atoms with E-state index in [2.05, 4.69) is 50.9 Å². The number of aromatic nitrogens is 2. The van der Waals surface area contributed by atoms with Gasteiger partial charge in [0.25, 0.3) is 5.56 Å². The Labute approximate surface area is 184 Å². The molecule has 7 heteroatoms. The summed E-state index contributed by atoms with van der Waals surface area (Å²) in [6, 6.07) is 8.84. The third kappa shape index (κ3) is 4.62. The molecule has 1 atom stereocenters. The summed E-state index contributed by atoms with van der Waals surface area (Å²) in [6.07, 6.45) is 3.26. The number of fused-ring (bicyclic) bond motifs is 1. The lowest BCUT2D eigenvalue weighted by Crippen LogP contribution is -2.39. The molecule has 0 unspecified atom stereocenters. The Bertz CT molecular complexity index is 951. The van der Waals surface area contributed by atoms with Crippen LogP contribution in [0.1, 0.15) is 36.6 Å². The number of H-pyrrole nitrogens is 1. The van der Waals surface area contributed by atoms with Crippen LogP contribution in [0.25, 0.3) is 0 Å². The van der Waals surface area contributed by atoms with Gasteiger partial charge in [0, 0.05) is 57.9 Å². The normalized spacial score (nSPS) is 22.4. The van der Waals surface area contributed by atoms with Crippen LogP contribution in [0, 0.1) is 5.92 Å². The second kappa shape index (κ2) is 9.01. The van der Waals surface area contributed by atoms with Crippen molar-refractivity contribution in [1.29, 1.82) is 0 Å². The summed E-state index contributed by atoms with van der Waals surface area (Å²) in [4.78, 5) is 27.8. The molecule has 0 saturated carbocycles. The summed E-state index contributed by atoms with van der Waals surface area (Å²) in [5, 5.41) is 0. The largest absolute Gasteiger partial charge is 0.378 e. The maximum atomic E-state index is 12.9. The molecule has 0 aliphatic carbocycles. The number of nitrogens with one attached hydrogen (secondary N) is 1. The van der Waals surface area contributed by atoms with Gasteiger partial charge in [-0.25, -0.2) is 4.98 Å². The molecule has 0 radical (unpaired) electrons. The highest BCUT2D eigenvalue weighted by atomic mass is 16.5. The van der Waals surface area contributed by atoms with Crippen LogP contribution in [0.15, 0.2) is 29.1 Å². The second-order valence-corrected chi connectivity index (χ2v) is 9.23. The molecule has 0 spiro atoms. The first kappa shape index (κ1) is 20.5. The Balaban J connectivity index is 1.25. The summed E-state index contributed by atoms with van der Waals surface area (Å²) in [7, 11) is 0. The van der Waals surface area contributed by atoms with Crippen molar-refractivity contribution < 1.29 is 4.74 Å². The molecule has 2 saturated heterocycles. The standard InChI is InChI=1S/C24H33N5O2/c1-18-3-2-9-29(15-18)24-25-22-8-10-27(17-21(22)23(30)26-24)16-19-4-6-20(7-5-19)28-11-13-31-14-12-28/h4-7,18H,2-3,8-17H2,1H3,(H,25,26,30)/t18-/m1/s1. The molecule has 1 N–H and O–H groups in total. The van der Waals surface area contributed by atoms with Crippen LogP contribution in [0.4, 0.5) is 11.6 Å². The SMILES string of the molecule is C[C@@H]1CCCN(c2nc3c(c(=O)[nH]2)CN(Cc2ccc(N4CCOCC4)cc2)CC3)C1. The Morgan fingerprint density at radius 1 is 1.10 bits per heavy atom. The highest BCUT2D eigenvalue weighted by molar-refractivity contribution is 5.48. The zero-order valence-corrected chi connectivity index (χ0v) is 18.5. The van der Waals surface area contributed by atoms with Crippen molar-refractivity contribution in [2.75, 3.05) is 55.7 Å². The highest BCUT2D eigenvalue weighted by Crippen LogP contribution is 2.23. The third-order valence-corrected chi connectivity index (χ3v) is 6.81. The van der Waals surface area contributed by atoms with E-state index in [4.69, 9.17) is 9.72 Å². The number of piperidine rings is 1. The predicted molar refractivity (Wildman–Crippen MR) is 123 cm³/mol. The van der Waals surface area contributed by atoms with Gasteiger partial charge in [0.2, 0.25) is 5.95 Å². The molecule has 166 valence electrons. The quantitative estimate of drug-likeness (QED) is 0.815. The average molecular weight is 424 g/mol. The molecule has 2 aromatic rings. The number of hydrogen-bond donors (Lipinski definition) is 1. The van der Waals surface area contributed by atoms with Gasteiger partial charge in [-0.05, 0) is 36.5 Å². The summed E-state index contributed by atoms with van der Waals surface area (Å²) >= 11 is 0. The Hall–Kier alpha value is -2.38. The second-order valence-electron chi connectivity index (χ2n) is 9.23. The Morgan fingerprint density at radius 3 is 2.68 bits per heavy atom. The molecule has 1 aromatic heterocycles. The first-order valence-electron chi connectivity index (χ1n) is 11.7. The van der Waals surface area contributed by atoms with Crippen molar-refractivity contribution in [3.05, 3.63) is 51.4 Å². The van der Waals surface area contributed by atoms with Gasteiger partial charge in [-0.3, -0.25) is 14.7 Å². The Kier molecular flexibility index (Phi) is 5.96. The van der Waals surface area contributed by atoms with E-state index in [0.717, 1.165) is 76.1 Å². The topological polar surface area (TPSA) is 64.7 Å². The van der Waals surface area contributed by atoms with E-state index in [1.807, 2.05) is 0 Å². The van der Waals surface area contributed by atoms with E-state index >= 15 is 0 Å². The smallest absolute Gasteiger partial charge is 0.257 e. The van der Waals surface area contributed by atoms with E-state index in [-0.39, 0.29) is 5.56 Å². The van der Waals surface area contributed by atoms with Gasteiger partial charge in [-0.2, -0.15) is 0 Å². The maximum absolute atomic E-state index is 12.9. The molecule has 1 aromatic carbocycles. The van der Waals surface area contributed by atoms with Gasteiger partial charge in [-0.1, -0.05) is 19.1 Å². The fourth-order valence-electron chi connectivity index (χ4n) is 5.03. The molecule has 3 aliphatic heterocycles. The molecule has 0 amide bonds. The van der Waals surface area contributed by atoms with Crippen molar-refractivity contribution in [2.24, 2.45) is 5.92 Å². The number of benzene rings is 1. The number of hydrogen-bond acceptors (Lipinski definition) is 6. The van der Waals surface area contributed by atoms with Crippen molar-refractivity contribution in [3.63, 3.8) is 0 Å². The number of anilines is 2. The number of morpholine rings is 1. The molecule has 5 rings (SSSR count).